The Labute approximate surface area is 102 Å². The van der Waals surface area contributed by atoms with Gasteiger partial charge in [-0.3, -0.25) is 0 Å². The third-order valence-corrected chi connectivity index (χ3v) is 3.94. The minimum Gasteiger partial charge on any atom is -0.314 e. The molecule has 0 bridgehead atoms. The topological polar surface area (TPSA) is 12.0 Å². The predicted octanol–water partition coefficient (Wildman–Crippen LogP) is 4.37. The maximum Gasteiger partial charge on any atom is 0.00953 e. The lowest BCUT2D eigenvalue weighted by Gasteiger charge is -2.27. The Morgan fingerprint density at radius 3 is 2.06 bits per heavy atom. The minimum atomic E-state index is 0.797. The van der Waals surface area contributed by atoms with Crippen LogP contribution in [0.25, 0.3) is 0 Å². The summed E-state index contributed by atoms with van der Waals surface area (Å²) in [5.41, 5.74) is 0. The SMILES string of the molecule is CCCC(CCC)C(CCC1CC1)NCC. The highest BCUT2D eigenvalue weighted by atomic mass is 14.9. The summed E-state index contributed by atoms with van der Waals surface area (Å²) >= 11 is 0. The van der Waals surface area contributed by atoms with Crippen molar-refractivity contribution in [3.05, 3.63) is 0 Å². The Hall–Kier alpha value is -0.0400. The van der Waals surface area contributed by atoms with Gasteiger partial charge in [0.1, 0.15) is 0 Å². The summed E-state index contributed by atoms with van der Waals surface area (Å²) in [6.07, 6.45) is 11.4. The van der Waals surface area contributed by atoms with E-state index < -0.39 is 0 Å². The van der Waals surface area contributed by atoms with Crippen LogP contribution in [0.2, 0.25) is 0 Å². The second kappa shape index (κ2) is 8.11. The number of hydrogen-bond donors (Lipinski definition) is 1. The standard InChI is InChI=1S/C15H31N/c1-4-7-14(8-5-2)15(16-6-3)12-11-13-9-10-13/h13-16H,4-12H2,1-3H3. The fourth-order valence-corrected chi connectivity index (χ4v) is 2.88. The Morgan fingerprint density at radius 2 is 1.62 bits per heavy atom. The van der Waals surface area contributed by atoms with Gasteiger partial charge in [-0.2, -0.15) is 0 Å². The van der Waals surface area contributed by atoms with Crippen LogP contribution < -0.4 is 5.32 Å². The van der Waals surface area contributed by atoms with Gasteiger partial charge in [0.05, 0.1) is 0 Å². The largest absolute Gasteiger partial charge is 0.314 e. The van der Waals surface area contributed by atoms with Crippen molar-refractivity contribution in [2.75, 3.05) is 6.54 Å². The van der Waals surface area contributed by atoms with E-state index in [-0.39, 0.29) is 0 Å². The highest BCUT2D eigenvalue weighted by Crippen LogP contribution is 2.35. The molecule has 1 fully saturated rings. The third kappa shape index (κ3) is 5.34. The zero-order valence-electron chi connectivity index (χ0n) is 11.6. The molecule has 0 aromatic rings. The minimum absolute atomic E-state index is 0.797. The average molecular weight is 225 g/mol. The maximum absolute atomic E-state index is 3.74. The van der Waals surface area contributed by atoms with Crippen LogP contribution in [0.4, 0.5) is 0 Å². The normalized spacial score (nSPS) is 18.0. The van der Waals surface area contributed by atoms with Gasteiger partial charge in [0, 0.05) is 6.04 Å². The van der Waals surface area contributed by atoms with E-state index in [2.05, 4.69) is 26.1 Å². The molecule has 1 rings (SSSR count). The van der Waals surface area contributed by atoms with Crippen molar-refractivity contribution in [3.63, 3.8) is 0 Å². The monoisotopic (exact) mass is 225 g/mol. The third-order valence-electron chi connectivity index (χ3n) is 3.94. The number of nitrogens with one attached hydrogen (secondary N) is 1. The lowest BCUT2D eigenvalue weighted by Crippen LogP contribution is -2.36. The second-order valence-corrected chi connectivity index (χ2v) is 5.52. The Bertz CT molecular complexity index is 157. The molecule has 0 spiro atoms. The Kier molecular flexibility index (Phi) is 7.11. The van der Waals surface area contributed by atoms with Crippen molar-refractivity contribution in [1.82, 2.24) is 5.32 Å². The van der Waals surface area contributed by atoms with Crippen molar-refractivity contribution < 1.29 is 0 Å². The molecule has 0 amide bonds. The van der Waals surface area contributed by atoms with E-state index in [4.69, 9.17) is 0 Å². The summed E-state index contributed by atoms with van der Waals surface area (Å²) in [6, 6.07) is 0.797. The summed E-state index contributed by atoms with van der Waals surface area (Å²) in [5.74, 6) is 2.01. The highest BCUT2D eigenvalue weighted by Gasteiger charge is 2.25. The molecule has 1 heteroatoms. The van der Waals surface area contributed by atoms with Crippen molar-refractivity contribution in [3.8, 4) is 0 Å². The van der Waals surface area contributed by atoms with E-state index in [1.54, 1.807) is 0 Å². The zero-order valence-corrected chi connectivity index (χ0v) is 11.6. The summed E-state index contributed by atoms with van der Waals surface area (Å²) in [4.78, 5) is 0. The molecule has 0 heterocycles. The molecule has 1 aliphatic rings. The fourth-order valence-electron chi connectivity index (χ4n) is 2.88. The van der Waals surface area contributed by atoms with Gasteiger partial charge in [-0.15, -0.1) is 0 Å². The Morgan fingerprint density at radius 1 is 1.00 bits per heavy atom. The van der Waals surface area contributed by atoms with Gasteiger partial charge in [0.25, 0.3) is 0 Å². The first kappa shape index (κ1) is 14.0. The average Bonchev–Trinajstić information content (AvgIpc) is 3.08. The van der Waals surface area contributed by atoms with Crippen LogP contribution >= 0.6 is 0 Å². The van der Waals surface area contributed by atoms with Crippen LogP contribution in [0.15, 0.2) is 0 Å². The lowest BCUT2D eigenvalue weighted by atomic mass is 9.87. The van der Waals surface area contributed by atoms with Crippen molar-refractivity contribution >= 4 is 0 Å². The molecule has 16 heavy (non-hydrogen) atoms. The van der Waals surface area contributed by atoms with Crippen LogP contribution in [0.5, 0.6) is 0 Å². The van der Waals surface area contributed by atoms with Gasteiger partial charge in [-0.1, -0.05) is 46.5 Å². The second-order valence-electron chi connectivity index (χ2n) is 5.52. The zero-order chi connectivity index (χ0) is 11.8. The molecular formula is C15H31N. The maximum atomic E-state index is 3.74. The molecule has 1 aliphatic carbocycles. The predicted molar refractivity (Wildman–Crippen MR) is 72.7 cm³/mol. The molecule has 0 saturated heterocycles. The van der Waals surface area contributed by atoms with Crippen molar-refractivity contribution in [1.29, 1.82) is 0 Å². The van der Waals surface area contributed by atoms with Crippen molar-refractivity contribution in [2.45, 2.75) is 78.2 Å². The molecule has 0 radical (unpaired) electrons. The molecular weight excluding hydrogens is 194 g/mol. The quantitative estimate of drug-likeness (QED) is 0.582. The highest BCUT2D eigenvalue weighted by molar-refractivity contribution is 4.80. The molecule has 1 N–H and O–H groups in total. The first-order valence-corrected chi connectivity index (χ1v) is 7.55. The van der Waals surface area contributed by atoms with E-state index >= 15 is 0 Å². The molecule has 0 aliphatic heterocycles. The first-order valence-electron chi connectivity index (χ1n) is 7.55. The fraction of sp³-hybridized carbons (Fsp3) is 1.00. The van der Waals surface area contributed by atoms with E-state index in [1.165, 1.54) is 51.4 Å². The van der Waals surface area contributed by atoms with Gasteiger partial charge in [0.15, 0.2) is 0 Å². The smallest absolute Gasteiger partial charge is 0.00953 e. The Balaban J connectivity index is 2.34. The van der Waals surface area contributed by atoms with Crippen LogP contribution in [0, 0.1) is 11.8 Å². The number of rotatable bonds is 10. The summed E-state index contributed by atoms with van der Waals surface area (Å²) in [7, 11) is 0. The molecule has 1 saturated carbocycles. The van der Waals surface area contributed by atoms with Crippen LogP contribution in [0.1, 0.15) is 72.1 Å². The summed E-state index contributed by atoms with van der Waals surface area (Å²) < 4.78 is 0. The molecule has 1 atom stereocenters. The molecule has 1 nitrogen and oxygen atoms in total. The van der Waals surface area contributed by atoms with Gasteiger partial charge in [0.2, 0.25) is 0 Å². The van der Waals surface area contributed by atoms with Crippen LogP contribution in [-0.4, -0.2) is 12.6 Å². The molecule has 0 aromatic carbocycles. The van der Waals surface area contributed by atoms with Gasteiger partial charge in [-0.25, -0.2) is 0 Å². The lowest BCUT2D eigenvalue weighted by molar-refractivity contribution is 0.292. The van der Waals surface area contributed by atoms with E-state index in [1.807, 2.05) is 0 Å². The van der Waals surface area contributed by atoms with Crippen LogP contribution in [0.3, 0.4) is 0 Å². The molecule has 0 aromatic heterocycles. The van der Waals surface area contributed by atoms with Gasteiger partial charge < -0.3 is 5.32 Å². The number of hydrogen-bond acceptors (Lipinski definition) is 1. The van der Waals surface area contributed by atoms with Gasteiger partial charge in [-0.05, 0) is 44.1 Å². The van der Waals surface area contributed by atoms with Gasteiger partial charge >= 0.3 is 0 Å². The van der Waals surface area contributed by atoms with Crippen LogP contribution in [-0.2, 0) is 0 Å². The summed E-state index contributed by atoms with van der Waals surface area (Å²) in [6.45, 7) is 8.04. The molecule has 1 unspecified atom stereocenters. The van der Waals surface area contributed by atoms with Crippen molar-refractivity contribution in [2.24, 2.45) is 11.8 Å². The first-order chi connectivity index (χ1) is 7.81. The van der Waals surface area contributed by atoms with E-state index in [0.29, 0.717) is 0 Å². The van der Waals surface area contributed by atoms with E-state index in [0.717, 1.165) is 24.4 Å². The molecule has 96 valence electrons. The summed E-state index contributed by atoms with van der Waals surface area (Å²) in [5, 5.41) is 3.74. The van der Waals surface area contributed by atoms with E-state index in [9.17, 15) is 0 Å².